The molecule has 0 radical (unpaired) electrons. The third-order valence-corrected chi connectivity index (χ3v) is 3.19. The van der Waals surface area contributed by atoms with Crippen molar-refractivity contribution in [3.05, 3.63) is 23.9 Å². The minimum atomic E-state index is -0.179. The van der Waals surface area contributed by atoms with Gasteiger partial charge in [0.1, 0.15) is 6.61 Å². The highest BCUT2D eigenvalue weighted by Crippen LogP contribution is 2.15. The number of carbonyl (C=O) groups is 1. The number of esters is 1. The highest BCUT2D eigenvalue weighted by molar-refractivity contribution is 5.75. The van der Waals surface area contributed by atoms with E-state index < -0.39 is 0 Å². The minimum absolute atomic E-state index is 0.164. The van der Waals surface area contributed by atoms with E-state index >= 15 is 0 Å². The van der Waals surface area contributed by atoms with Crippen LogP contribution in [0.1, 0.15) is 6.42 Å². The van der Waals surface area contributed by atoms with E-state index in [0.717, 1.165) is 32.8 Å². The molecule has 0 aromatic rings. The molecule has 1 aliphatic carbocycles. The van der Waals surface area contributed by atoms with E-state index in [0.29, 0.717) is 18.7 Å². The summed E-state index contributed by atoms with van der Waals surface area (Å²) in [6.07, 6.45) is 6.07. The number of morpholine rings is 1. The maximum absolute atomic E-state index is 11.8. The second-order valence-corrected chi connectivity index (χ2v) is 4.53. The molecule has 0 amide bonds. The standard InChI is InChI=1S/C13H20N2O3/c14-12-3-1-11(2-4-12)13(16)18-10-7-15-5-8-17-9-6-15/h1,3-4,11H,2,5-10,14H2. The molecular formula is C13H20N2O3. The predicted molar refractivity (Wildman–Crippen MR) is 67.7 cm³/mol. The Morgan fingerprint density at radius 1 is 1.50 bits per heavy atom. The van der Waals surface area contributed by atoms with Gasteiger partial charge in [-0.3, -0.25) is 9.69 Å². The highest BCUT2D eigenvalue weighted by atomic mass is 16.5. The van der Waals surface area contributed by atoms with Crippen LogP contribution in [0, 0.1) is 5.92 Å². The number of ether oxygens (including phenoxy) is 2. The van der Waals surface area contributed by atoms with Crippen LogP contribution in [0.15, 0.2) is 23.9 Å². The summed E-state index contributed by atoms with van der Waals surface area (Å²) in [5.41, 5.74) is 6.31. The first-order valence-corrected chi connectivity index (χ1v) is 6.36. The van der Waals surface area contributed by atoms with Crippen LogP contribution in [0.5, 0.6) is 0 Å². The zero-order valence-corrected chi connectivity index (χ0v) is 10.5. The molecule has 1 heterocycles. The number of rotatable bonds is 4. The Bertz CT molecular complexity index is 346. The van der Waals surface area contributed by atoms with Gasteiger partial charge in [-0.1, -0.05) is 12.2 Å². The van der Waals surface area contributed by atoms with Crippen molar-refractivity contribution < 1.29 is 14.3 Å². The fourth-order valence-electron chi connectivity index (χ4n) is 2.02. The summed E-state index contributed by atoms with van der Waals surface area (Å²) in [5, 5.41) is 0. The van der Waals surface area contributed by atoms with Gasteiger partial charge in [0.05, 0.1) is 19.1 Å². The molecular weight excluding hydrogens is 232 g/mol. The van der Waals surface area contributed by atoms with Crippen LogP contribution >= 0.6 is 0 Å². The summed E-state index contributed by atoms with van der Waals surface area (Å²) in [4.78, 5) is 14.0. The maximum Gasteiger partial charge on any atom is 0.313 e. The van der Waals surface area contributed by atoms with Gasteiger partial charge in [-0.2, -0.15) is 0 Å². The summed E-state index contributed by atoms with van der Waals surface area (Å²) in [6, 6.07) is 0. The van der Waals surface area contributed by atoms with Crippen LogP contribution in [-0.2, 0) is 14.3 Å². The Morgan fingerprint density at radius 3 is 2.94 bits per heavy atom. The molecule has 5 heteroatoms. The predicted octanol–water partition coefficient (Wildman–Crippen LogP) is 0.280. The molecule has 2 aliphatic rings. The molecule has 0 aromatic heterocycles. The van der Waals surface area contributed by atoms with Gasteiger partial charge in [-0.15, -0.1) is 0 Å². The molecule has 1 fully saturated rings. The summed E-state index contributed by atoms with van der Waals surface area (Å²) < 4.78 is 10.5. The van der Waals surface area contributed by atoms with Crippen molar-refractivity contribution in [3.8, 4) is 0 Å². The van der Waals surface area contributed by atoms with Gasteiger partial charge in [-0.25, -0.2) is 0 Å². The topological polar surface area (TPSA) is 64.8 Å². The van der Waals surface area contributed by atoms with Crippen molar-refractivity contribution in [2.24, 2.45) is 11.7 Å². The van der Waals surface area contributed by atoms with Crippen molar-refractivity contribution >= 4 is 5.97 Å². The lowest BCUT2D eigenvalue weighted by Gasteiger charge is -2.26. The quantitative estimate of drug-likeness (QED) is 0.728. The summed E-state index contributed by atoms with van der Waals surface area (Å²) in [7, 11) is 0. The Labute approximate surface area is 107 Å². The Hall–Kier alpha value is -1.33. The molecule has 0 spiro atoms. The monoisotopic (exact) mass is 252 g/mol. The molecule has 5 nitrogen and oxygen atoms in total. The van der Waals surface area contributed by atoms with Gasteiger partial charge in [0.2, 0.25) is 0 Å². The molecule has 2 N–H and O–H groups in total. The molecule has 1 unspecified atom stereocenters. The van der Waals surface area contributed by atoms with Gasteiger partial charge < -0.3 is 15.2 Å². The Kier molecular flexibility index (Phi) is 4.78. The van der Waals surface area contributed by atoms with Crippen LogP contribution < -0.4 is 5.73 Å². The first-order valence-electron chi connectivity index (χ1n) is 6.36. The molecule has 0 saturated carbocycles. The van der Waals surface area contributed by atoms with Crippen molar-refractivity contribution in [2.75, 3.05) is 39.5 Å². The lowest BCUT2D eigenvalue weighted by atomic mass is 10.00. The first kappa shape index (κ1) is 13.1. The minimum Gasteiger partial charge on any atom is -0.464 e. The van der Waals surface area contributed by atoms with Crippen molar-refractivity contribution in [1.82, 2.24) is 4.90 Å². The first-order chi connectivity index (χ1) is 8.75. The molecule has 100 valence electrons. The van der Waals surface area contributed by atoms with Gasteiger partial charge in [-0.05, 0) is 12.5 Å². The molecule has 2 rings (SSSR count). The Balaban J connectivity index is 1.64. The fraction of sp³-hybridized carbons (Fsp3) is 0.615. The van der Waals surface area contributed by atoms with Gasteiger partial charge in [0.15, 0.2) is 0 Å². The zero-order chi connectivity index (χ0) is 12.8. The van der Waals surface area contributed by atoms with Crippen LogP contribution in [0.4, 0.5) is 0 Å². The van der Waals surface area contributed by atoms with Crippen molar-refractivity contribution in [3.63, 3.8) is 0 Å². The number of hydrogen-bond acceptors (Lipinski definition) is 5. The molecule has 0 aromatic carbocycles. The lowest BCUT2D eigenvalue weighted by molar-refractivity contribution is -0.147. The van der Waals surface area contributed by atoms with Crippen molar-refractivity contribution in [1.29, 1.82) is 0 Å². The number of nitrogens with zero attached hydrogens (tertiary/aromatic N) is 1. The third kappa shape index (κ3) is 3.85. The van der Waals surface area contributed by atoms with Gasteiger partial charge in [0, 0.05) is 25.3 Å². The largest absolute Gasteiger partial charge is 0.464 e. The fourth-order valence-corrected chi connectivity index (χ4v) is 2.02. The van der Waals surface area contributed by atoms with E-state index in [9.17, 15) is 4.79 Å². The van der Waals surface area contributed by atoms with Crippen molar-refractivity contribution in [2.45, 2.75) is 6.42 Å². The number of hydrogen-bond donors (Lipinski definition) is 1. The van der Waals surface area contributed by atoms with Gasteiger partial charge in [0.25, 0.3) is 0 Å². The van der Waals surface area contributed by atoms with E-state index in [1.807, 2.05) is 12.2 Å². The third-order valence-electron chi connectivity index (χ3n) is 3.19. The van der Waals surface area contributed by atoms with Crippen LogP contribution in [0.2, 0.25) is 0 Å². The van der Waals surface area contributed by atoms with Crippen LogP contribution in [0.25, 0.3) is 0 Å². The summed E-state index contributed by atoms with van der Waals surface area (Å²) in [6.45, 7) is 4.60. The summed E-state index contributed by atoms with van der Waals surface area (Å²) in [5.74, 6) is -0.342. The SMILES string of the molecule is NC1=CCC(C(=O)OCCN2CCOCC2)C=C1. The van der Waals surface area contributed by atoms with E-state index in [1.54, 1.807) is 6.08 Å². The van der Waals surface area contributed by atoms with E-state index in [2.05, 4.69) is 4.90 Å². The normalized spacial score (nSPS) is 24.7. The number of allylic oxidation sites excluding steroid dienone is 2. The lowest BCUT2D eigenvalue weighted by Crippen LogP contribution is -2.38. The van der Waals surface area contributed by atoms with Crippen LogP contribution in [-0.4, -0.2) is 50.3 Å². The van der Waals surface area contributed by atoms with Gasteiger partial charge >= 0.3 is 5.97 Å². The molecule has 1 aliphatic heterocycles. The molecule has 18 heavy (non-hydrogen) atoms. The second kappa shape index (κ2) is 6.56. The van der Waals surface area contributed by atoms with E-state index in [4.69, 9.17) is 15.2 Å². The average Bonchev–Trinajstić information content (AvgIpc) is 2.40. The highest BCUT2D eigenvalue weighted by Gasteiger charge is 2.18. The van der Waals surface area contributed by atoms with Crippen LogP contribution in [0.3, 0.4) is 0 Å². The average molecular weight is 252 g/mol. The van der Waals surface area contributed by atoms with E-state index in [-0.39, 0.29) is 11.9 Å². The second-order valence-electron chi connectivity index (χ2n) is 4.53. The molecule has 1 saturated heterocycles. The number of nitrogens with two attached hydrogens (primary N) is 1. The maximum atomic E-state index is 11.8. The Morgan fingerprint density at radius 2 is 2.28 bits per heavy atom. The zero-order valence-electron chi connectivity index (χ0n) is 10.5. The number of carbonyl (C=O) groups excluding carboxylic acids is 1. The summed E-state index contributed by atoms with van der Waals surface area (Å²) >= 11 is 0. The molecule has 0 bridgehead atoms. The smallest absolute Gasteiger partial charge is 0.313 e. The van der Waals surface area contributed by atoms with E-state index in [1.165, 1.54) is 0 Å². The molecule has 1 atom stereocenters.